The van der Waals surface area contributed by atoms with Gasteiger partial charge in [-0.2, -0.15) is 0 Å². The van der Waals surface area contributed by atoms with Gasteiger partial charge in [-0.25, -0.2) is 4.68 Å². The number of benzene rings is 1. The van der Waals surface area contributed by atoms with Crippen LogP contribution < -0.4 is 5.32 Å². The van der Waals surface area contributed by atoms with Crippen molar-refractivity contribution in [2.75, 3.05) is 0 Å². The number of carboxylic acid groups (broad SMARTS) is 1. The molecule has 0 aliphatic carbocycles. The molecule has 1 amide bonds. The maximum absolute atomic E-state index is 11.9. The number of amides is 1. The van der Waals surface area contributed by atoms with Gasteiger partial charge in [-0.3, -0.25) is 9.59 Å². The number of carbonyl (C=O) groups excluding carboxylic acids is 1. The molecule has 0 spiro atoms. The predicted molar refractivity (Wildman–Crippen MR) is 88.4 cm³/mol. The van der Waals surface area contributed by atoms with Gasteiger partial charge in [-0.15, -0.1) is 5.10 Å². The number of hydrogen-bond acceptors (Lipinski definition) is 4. The molecule has 0 unspecified atom stereocenters. The number of rotatable bonds is 8. The van der Waals surface area contributed by atoms with Crippen LogP contribution in [0, 0.1) is 0 Å². The highest BCUT2D eigenvalue weighted by Gasteiger charge is 2.07. The van der Waals surface area contributed by atoms with E-state index in [1.54, 1.807) is 0 Å². The van der Waals surface area contributed by atoms with Gasteiger partial charge in [0, 0.05) is 6.42 Å². The zero-order valence-electron chi connectivity index (χ0n) is 13.9. The highest BCUT2D eigenvalue weighted by molar-refractivity contribution is 5.76. The molecular formula is C17H22N4O3. The number of nitrogens with one attached hydrogen (secondary N) is 1. The number of carbonyl (C=O) groups is 2. The van der Waals surface area contributed by atoms with Gasteiger partial charge < -0.3 is 10.4 Å². The van der Waals surface area contributed by atoms with Gasteiger partial charge in [0.05, 0.1) is 12.7 Å². The number of aromatic nitrogens is 3. The van der Waals surface area contributed by atoms with Crippen molar-refractivity contribution in [1.82, 2.24) is 20.3 Å². The highest BCUT2D eigenvalue weighted by atomic mass is 16.4. The molecule has 0 bridgehead atoms. The molecule has 0 radical (unpaired) electrons. The number of carboxylic acids is 1. The zero-order valence-corrected chi connectivity index (χ0v) is 13.9. The number of hydrogen-bond donors (Lipinski definition) is 2. The van der Waals surface area contributed by atoms with Gasteiger partial charge >= 0.3 is 5.97 Å². The normalized spacial score (nSPS) is 10.8. The third-order valence-electron chi connectivity index (χ3n) is 3.64. The lowest BCUT2D eigenvalue weighted by molar-refractivity contribution is -0.138. The maximum atomic E-state index is 11.9. The Labute approximate surface area is 140 Å². The first kappa shape index (κ1) is 17.7. The predicted octanol–water partition coefficient (Wildman–Crippen LogP) is 1.74. The molecule has 0 fully saturated rings. The Morgan fingerprint density at radius 3 is 2.58 bits per heavy atom. The molecule has 0 saturated carbocycles. The van der Waals surface area contributed by atoms with Gasteiger partial charge in [-0.1, -0.05) is 43.3 Å². The van der Waals surface area contributed by atoms with E-state index in [-0.39, 0.29) is 19.0 Å². The molecule has 24 heavy (non-hydrogen) atoms. The van der Waals surface area contributed by atoms with Crippen LogP contribution in [0.4, 0.5) is 0 Å². The summed E-state index contributed by atoms with van der Waals surface area (Å²) in [6, 6.07) is 8.30. The first-order valence-corrected chi connectivity index (χ1v) is 7.90. The molecule has 0 aliphatic heterocycles. The van der Waals surface area contributed by atoms with Crippen LogP contribution in [0.25, 0.3) is 0 Å². The van der Waals surface area contributed by atoms with Crippen molar-refractivity contribution in [3.63, 3.8) is 0 Å². The molecular weight excluding hydrogens is 308 g/mol. The van der Waals surface area contributed by atoms with E-state index in [9.17, 15) is 9.59 Å². The Balaban J connectivity index is 1.75. The largest absolute Gasteiger partial charge is 0.480 e. The van der Waals surface area contributed by atoms with Crippen LogP contribution in [-0.2, 0) is 29.1 Å². The summed E-state index contributed by atoms with van der Waals surface area (Å²) in [6.07, 6.45) is 2.58. The van der Waals surface area contributed by atoms with Gasteiger partial charge in [0.2, 0.25) is 5.91 Å². The minimum absolute atomic E-state index is 0.0734. The lowest BCUT2D eigenvalue weighted by Gasteiger charge is -2.07. The van der Waals surface area contributed by atoms with Crippen LogP contribution in [0.5, 0.6) is 0 Å². The lowest BCUT2D eigenvalue weighted by atomic mass is 10.0. The second-order valence-electron chi connectivity index (χ2n) is 5.97. The van der Waals surface area contributed by atoms with Gasteiger partial charge in [-0.05, 0) is 23.5 Å². The summed E-state index contributed by atoms with van der Waals surface area (Å²) in [5.74, 6) is -0.563. The van der Waals surface area contributed by atoms with E-state index < -0.39 is 5.97 Å². The van der Waals surface area contributed by atoms with Crippen LogP contribution in [0.2, 0.25) is 0 Å². The van der Waals surface area contributed by atoms with Crippen molar-refractivity contribution in [2.45, 2.75) is 45.7 Å². The van der Waals surface area contributed by atoms with Crippen molar-refractivity contribution >= 4 is 11.9 Å². The molecule has 2 aromatic rings. The van der Waals surface area contributed by atoms with E-state index >= 15 is 0 Å². The fraction of sp³-hybridized carbons (Fsp3) is 0.412. The van der Waals surface area contributed by atoms with Crippen LogP contribution in [0.3, 0.4) is 0 Å². The Morgan fingerprint density at radius 1 is 1.25 bits per heavy atom. The molecule has 128 valence electrons. The number of aliphatic carboxylic acids is 1. The van der Waals surface area contributed by atoms with E-state index in [4.69, 9.17) is 5.11 Å². The summed E-state index contributed by atoms with van der Waals surface area (Å²) in [5.41, 5.74) is 2.94. The minimum atomic E-state index is -0.987. The molecule has 7 heteroatoms. The molecule has 0 atom stereocenters. The molecule has 7 nitrogen and oxygen atoms in total. The van der Waals surface area contributed by atoms with Crippen molar-refractivity contribution in [3.05, 3.63) is 47.3 Å². The SMILES string of the molecule is CC(C)c1ccc(CCC(=O)NCc2cn(CC(=O)O)nn2)cc1. The average molecular weight is 330 g/mol. The second kappa shape index (κ2) is 8.24. The summed E-state index contributed by atoms with van der Waals surface area (Å²) in [5, 5.41) is 18.9. The van der Waals surface area contributed by atoms with E-state index in [1.807, 2.05) is 0 Å². The molecule has 1 aromatic heterocycles. The van der Waals surface area contributed by atoms with Gasteiger partial charge in [0.25, 0.3) is 0 Å². The zero-order chi connectivity index (χ0) is 17.5. The Bertz CT molecular complexity index is 692. The van der Waals surface area contributed by atoms with Gasteiger partial charge in [0.1, 0.15) is 12.2 Å². The summed E-state index contributed by atoms with van der Waals surface area (Å²) in [6.45, 7) is 4.29. The number of nitrogens with zero attached hydrogens (tertiary/aromatic N) is 3. The smallest absolute Gasteiger partial charge is 0.325 e. The molecule has 2 rings (SSSR count). The molecule has 2 N–H and O–H groups in total. The molecule has 0 aliphatic rings. The van der Waals surface area contributed by atoms with Crippen molar-refractivity contribution < 1.29 is 14.7 Å². The fourth-order valence-electron chi connectivity index (χ4n) is 2.24. The molecule has 1 heterocycles. The van der Waals surface area contributed by atoms with E-state index in [0.717, 1.165) is 5.56 Å². The van der Waals surface area contributed by atoms with Crippen molar-refractivity contribution in [3.8, 4) is 0 Å². The van der Waals surface area contributed by atoms with Crippen LogP contribution >= 0.6 is 0 Å². The fourth-order valence-corrected chi connectivity index (χ4v) is 2.24. The van der Waals surface area contributed by atoms with Crippen LogP contribution in [0.15, 0.2) is 30.5 Å². The Kier molecular flexibility index (Phi) is 6.06. The molecule has 1 aromatic carbocycles. The number of aryl methyl sites for hydroxylation is 1. The van der Waals surface area contributed by atoms with E-state index in [2.05, 4.69) is 53.7 Å². The van der Waals surface area contributed by atoms with Gasteiger partial charge in [0.15, 0.2) is 0 Å². The average Bonchev–Trinajstić information content (AvgIpc) is 2.98. The van der Waals surface area contributed by atoms with E-state index in [1.165, 1.54) is 16.4 Å². The standard InChI is InChI=1S/C17H22N4O3/c1-12(2)14-6-3-13(4-7-14)5-8-16(22)18-9-15-10-21(20-19-15)11-17(23)24/h3-4,6-7,10,12H,5,8-9,11H2,1-2H3,(H,18,22)(H,23,24). The summed E-state index contributed by atoms with van der Waals surface area (Å²) in [4.78, 5) is 22.5. The lowest BCUT2D eigenvalue weighted by Crippen LogP contribution is -2.23. The summed E-state index contributed by atoms with van der Waals surface area (Å²) < 4.78 is 1.22. The second-order valence-corrected chi connectivity index (χ2v) is 5.97. The third-order valence-corrected chi connectivity index (χ3v) is 3.64. The minimum Gasteiger partial charge on any atom is -0.480 e. The topological polar surface area (TPSA) is 97.1 Å². The Morgan fingerprint density at radius 2 is 1.96 bits per heavy atom. The van der Waals surface area contributed by atoms with E-state index in [0.29, 0.717) is 24.5 Å². The molecule has 0 saturated heterocycles. The summed E-state index contributed by atoms with van der Waals surface area (Å²) in [7, 11) is 0. The third kappa shape index (κ3) is 5.49. The monoisotopic (exact) mass is 330 g/mol. The Hall–Kier alpha value is -2.70. The van der Waals surface area contributed by atoms with Crippen LogP contribution in [0.1, 0.15) is 43.0 Å². The quantitative estimate of drug-likeness (QED) is 0.768. The van der Waals surface area contributed by atoms with Crippen molar-refractivity contribution in [2.24, 2.45) is 0 Å². The first-order valence-electron chi connectivity index (χ1n) is 7.90. The van der Waals surface area contributed by atoms with Crippen LogP contribution in [-0.4, -0.2) is 32.0 Å². The summed E-state index contributed by atoms with van der Waals surface area (Å²) >= 11 is 0. The van der Waals surface area contributed by atoms with Crippen molar-refractivity contribution in [1.29, 1.82) is 0 Å². The highest BCUT2D eigenvalue weighted by Crippen LogP contribution is 2.15. The first-order chi connectivity index (χ1) is 11.4. The maximum Gasteiger partial charge on any atom is 0.325 e.